The SMILES string of the molecule is C/S(=C\C(=O)NC(C)(C)C)C(C)(C)C. The molecule has 0 fully saturated rings. The van der Waals surface area contributed by atoms with Crippen LogP contribution in [0.15, 0.2) is 0 Å². The van der Waals surface area contributed by atoms with E-state index in [1.54, 1.807) is 5.37 Å². The Balaban J connectivity index is 4.46. The molecule has 1 unspecified atom stereocenters. The van der Waals surface area contributed by atoms with Crippen molar-refractivity contribution in [3.63, 3.8) is 0 Å². The van der Waals surface area contributed by atoms with Crippen LogP contribution in [0.1, 0.15) is 41.5 Å². The Morgan fingerprint density at radius 3 is 1.86 bits per heavy atom. The van der Waals surface area contributed by atoms with E-state index in [1.807, 2.05) is 20.8 Å². The zero-order valence-electron chi connectivity index (χ0n) is 10.4. The van der Waals surface area contributed by atoms with Crippen molar-refractivity contribution in [2.24, 2.45) is 0 Å². The summed E-state index contributed by atoms with van der Waals surface area (Å²) in [4.78, 5) is 11.6. The fraction of sp³-hybridized carbons (Fsp3) is 0.818. The maximum atomic E-state index is 11.6. The van der Waals surface area contributed by atoms with Crippen LogP contribution in [0.4, 0.5) is 0 Å². The van der Waals surface area contributed by atoms with Crippen LogP contribution in [0.5, 0.6) is 0 Å². The lowest BCUT2D eigenvalue weighted by Gasteiger charge is -2.23. The predicted molar refractivity (Wildman–Crippen MR) is 67.2 cm³/mol. The molecule has 2 nitrogen and oxygen atoms in total. The number of hydrogen-bond acceptors (Lipinski definition) is 1. The van der Waals surface area contributed by atoms with Crippen molar-refractivity contribution in [3.8, 4) is 0 Å². The van der Waals surface area contributed by atoms with E-state index in [0.29, 0.717) is 0 Å². The van der Waals surface area contributed by atoms with Gasteiger partial charge in [0.2, 0.25) is 5.91 Å². The average molecular weight is 217 g/mol. The molecular formula is C11H23NOS. The van der Waals surface area contributed by atoms with Gasteiger partial charge in [-0.25, -0.2) is 0 Å². The molecule has 84 valence electrons. The lowest BCUT2D eigenvalue weighted by Crippen LogP contribution is -2.41. The summed E-state index contributed by atoms with van der Waals surface area (Å²) in [5.74, 6) is 0.0401. The van der Waals surface area contributed by atoms with Crippen LogP contribution < -0.4 is 5.32 Å². The fourth-order valence-electron chi connectivity index (χ4n) is 0.736. The van der Waals surface area contributed by atoms with Gasteiger partial charge in [0.15, 0.2) is 0 Å². The highest BCUT2D eigenvalue weighted by molar-refractivity contribution is 8.16. The van der Waals surface area contributed by atoms with Gasteiger partial charge in [0, 0.05) is 15.7 Å². The van der Waals surface area contributed by atoms with Crippen molar-refractivity contribution in [2.45, 2.75) is 51.8 Å². The highest BCUT2D eigenvalue weighted by atomic mass is 32.2. The highest BCUT2D eigenvalue weighted by Gasteiger charge is 2.15. The standard InChI is InChI=1S/C11H23NOS/c1-10(2,3)12-9(13)8-14(7)11(4,5)6/h8H,1-7H3,(H,12,13). The summed E-state index contributed by atoms with van der Waals surface area (Å²) in [7, 11) is 0.0108. The molecule has 1 N–H and O–H groups in total. The minimum atomic E-state index is -0.143. The Labute approximate surface area is 90.4 Å². The molecule has 3 heteroatoms. The van der Waals surface area contributed by atoms with Crippen LogP contribution in [0.2, 0.25) is 0 Å². The molecule has 0 aliphatic rings. The molecule has 0 aromatic heterocycles. The molecule has 0 spiro atoms. The van der Waals surface area contributed by atoms with Crippen LogP contribution in [0.3, 0.4) is 0 Å². The third kappa shape index (κ3) is 6.19. The normalized spacial score (nSPS) is 15.4. The van der Waals surface area contributed by atoms with E-state index in [4.69, 9.17) is 0 Å². The van der Waals surface area contributed by atoms with Crippen LogP contribution in [-0.2, 0) is 4.79 Å². The summed E-state index contributed by atoms with van der Waals surface area (Å²) in [5, 5.41) is 4.73. The Kier molecular flexibility index (Phi) is 4.37. The predicted octanol–water partition coefficient (Wildman–Crippen LogP) is 2.40. The molecule has 0 heterocycles. The summed E-state index contributed by atoms with van der Waals surface area (Å²) in [6, 6.07) is 0. The molecule has 0 aliphatic heterocycles. The first-order valence-electron chi connectivity index (χ1n) is 4.84. The molecule has 14 heavy (non-hydrogen) atoms. The second kappa shape index (κ2) is 4.47. The maximum absolute atomic E-state index is 11.6. The van der Waals surface area contributed by atoms with Crippen molar-refractivity contribution in [2.75, 3.05) is 6.26 Å². The van der Waals surface area contributed by atoms with Crippen LogP contribution in [0.25, 0.3) is 0 Å². The Morgan fingerprint density at radius 2 is 1.57 bits per heavy atom. The first-order valence-corrected chi connectivity index (χ1v) is 6.54. The number of carbonyl (C=O) groups excluding carboxylic acids is 1. The van der Waals surface area contributed by atoms with Gasteiger partial charge in [-0.3, -0.25) is 4.79 Å². The quantitative estimate of drug-likeness (QED) is 0.671. The zero-order chi connectivity index (χ0) is 11.6. The monoisotopic (exact) mass is 217 g/mol. The molecule has 0 bridgehead atoms. The Morgan fingerprint density at radius 1 is 1.14 bits per heavy atom. The minimum Gasteiger partial charge on any atom is -0.348 e. The van der Waals surface area contributed by atoms with E-state index in [2.05, 4.69) is 32.3 Å². The smallest absolute Gasteiger partial charge is 0.249 e. The molecular weight excluding hydrogens is 194 g/mol. The van der Waals surface area contributed by atoms with Crippen LogP contribution in [0, 0.1) is 0 Å². The van der Waals surface area contributed by atoms with E-state index in [0.717, 1.165) is 0 Å². The molecule has 0 rings (SSSR count). The number of rotatable bonds is 1. The first-order chi connectivity index (χ1) is 6.02. The van der Waals surface area contributed by atoms with E-state index in [-0.39, 0.29) is 26.7 Å². The summed E-state index contributed by atoms with van der Waals surface area (Å²) in [6.45, 7) is 12.4. The molecule has 0 saturated carbocycles. The third-order valence-corrected chi connectivity index (χ3v) is 4.25. The molecule has 0 aromatic rings. The van der Waals surface area contributed by atoms with Crippen molar-refractivity contribution in [3.05, 3.63) is 0 Å². The topological polar surface area (TPSA) is 29.1 Å². The van der Waals surface area contributed by atoms with Crippen LogP contribution in [-0.4, -0.2) is 27.8 Å². The zero-order valence-corrected chi connectivity index (χ0v) is 11.2. The maximum Gasteiger partial charge on any atom is 0.249 e. The number of amides is 1. The lowest BCUT2D eigenvalue weighted by atomic mass is 10.1. The van der Waals surface area contributed by atoms with E-state index >= 15 is 0 Å². The van der Waals surface area contributed by atoms with E-state index in [9.17, 15) is 4.79 Å². The van der Waals surface area contributed by atoms with Crippen molar-refractivity contribution in [1.82, 2.24) is 5.32 Å². The van der Waals surface area contributed by atoms with Crippen molar-refractivity contribution in [1.29, 1.82) is 0 Å². The highest BCUT2D eigenvalue weighted by Crippen LogP contribution is 2.26. The Hall–Kier alpha value is -0.310. The minimum absolute atomic E-state index is 0.0108. The molecule has 1 atom stereocenters. The van der Waals surface area contributed by atoms with Gasteiger partial charge in [0.1, 0.15) is 0 Å². The van der Waals surface area contributed by atoms with Gasteiger partial charge >= 0.3 is 0 Å². The van der Waals surface area contributed by atoms with Crippen molar-refractivity contribution < 1.29 is 4.79 Å². The summed E-state index contributed by atoms with van der Waals surface area (Å²) >= 11 is 0. The fourth-order valence-corrected chi connectivity index (χ4v) is 1.47. The molecule has 0 aromatic carbocycles. The van der Waals surface area contributed by atoms with Crippen LogP contribution >= 0.6 is 10.5 Å². The van der Waals surface area contributed by atoms with Gasteiger partial charge in [0.05, 0.1) is 0 Å². The summed E-state index contributed by atoms with van der Waals surface area (Å²) in [5.41, 5.74) is -0.143. The third-order valence-electron chi connectivity index (χ3n) is 1.75. The van der Waals surface area contributed by atoms with Gasteiger partial charge in [-0.05, 0) is 27.0 Å². The second-order valence-electron chi connectivity index (χ2n) is 5.53. The molecule has 0 saturated heterocycles. The van der Waals surface area contributed by atoms with Crippen molar-refractivity contribution >= 4 is 21.8 Å². The number of hydrogen-bond donors (Lipinski definition) is 1. The van der Waals surface area contributed by atoms with E-state index in [1.165, 1.54) is 0 Å². The second-order valence-corrected chi connectivity index (χ2v) is 8.10. The molecule has 0 radical (unpaired) electrons. The summed E-state index contributed by atoms with van der Waals surface area (Å²) < 4.78 is 0.176. The summed E-state index contributed by atoms with van der Waals surface area (Å²) in [6.07, 6.45) is 2.10. The first kappa shape index (κ1) is 13.7. The number of nitrogens with one attached hydrogen (secondary N) is 1. The van der Waals surface area contributed by atoms with Gasteiger partial charge < -0.3 is 5.32 Å². The van der Waals surface area contributed by atoms with E-state index < -0.39 is 0 Å². The largest absolute Gasteiger partial charge is 0.348 e. The van der Waals surface area contributed by atoms with Gasteiger partial charge in [0.25, 0.3) is 0 Å². The molecule has 0 aliphatic carbocycles. The lowest BCUT2D eigenvalue weighted by molar-refractivity contribution is -0.115. The van der Waals surface area contributed by atoms with Gasteiger partial charge in [-0.15, -0.1) is 0 Å². The van der Waals surface area contributed by atoms with Gasteiger partial charge in [-0.2, -0.15) is 10.5 Å². The average Bonchev–Trinajstić information content (AvgIpc) is 1.79. The molecule has 1 amide bonds. The van der Waals surface area contributed by atoms with Gasteiger partial charge in [-0.1, -0.05) is 20.8 Å². The number of carbonyl (C=O) groups is 1. The Bertz CT molecular complexity index is 243.